The third-order valence-corrected chi connectivity index (χ3v) is 6.70. The number of benzene rings is 3. The maximum atomic E-state index is 13.0. The van der Waals surface area contributed by atoms with Crippen molar-refractivity contribution in [3.05, 3.63) is 83.9 Å². The fourth-order valence-electron chi connectivity index (χ4n) is 3.87. The number of ether oxygens (including phenoxy) is 3. The first kappa shape index (κ1) is 23.0. The lowest BCUT2D eigenvalue weighted by Crippen LogP contribution is -2.16. The Morgan fingerprint density at radius 2 is 1.74 bits per heavy atom. The predicted octanol–water partition coefficient (Wildman–Crippen LogP) is 4.94. The first-order valence-corrected chi connectivity index (χ1v) is 12.4. The summed E-state index contributed by atoms with van der Waals surface area (Å²) in [5.74, 6) is 3.06. The van der Waals surface area contributed by atoms with Gasteiger partial charge in [0.2, 0.25) is 0 Å². The highest BCUT2D eigenvalue weighted by molar-refractivity contribution is 7.99. The van der Waals surface area contributed by atoms with Gasteiger partial charge in [-0.05, 0) is 54.4 Å². The molecule has 0 atom stereocenters. The zero-order chi connectivity index (χ0) is 24.0. The van der Waals surface area contributed by atoms with Crippen LogP contribution in [0.25, 0.3) is 11.4 Å². The summed E-state index contributed by atoms with van der Waals surface area (Å²) in [5.41, 5.74) is 2.76. The molecule has 4 aromatic rings. The van der Waals surface area contributed by atoms with E-state index in [-0.39, 0.29) is 11.5 Å². The van der Waals surface area contributed by atoms with Gasteiger partial charge in [-0.2, -0.15) is 0 Å². The van der Waals surface area contributed by atoms with Crippen molar-refractivity contribution in [1.29, 1.82) is 0 Å². The van der Waals surface area contributed by atoms with Crippen LogP contribution in [0.15, 0.2) is 78.0 Å². The highest BCUT2D eigenvalue weighted by Crippen LogP contribution is 2.32. The number of rotatable bonds is 9. The van der Waals surface area contributed by atoms with E-state index in [9.17, 15) is 4.79 Å². The maximum Gasteiger partial charge on any atom is 0.191 e. The van der Waals surface area contributed by atoms with E-state index in [0.717, 1.165) is 23.6 Å². The normalized spacial score (nSPS) is 12.4. The molecule has 0 spiro atoms. The molecule has 0 bridgehead atoms. The summed E-state index contributed by atoms with van der Waals surface area (Å²) in [5, 5.41) is 9.60. The lowest BCUT2D eigenvalue weighted by atomic mass is 10.1. The zero-order valence-electron chi connectivity index (χ0n) is 19.3. The minimum atomic E-state index is -0.00409. The zero-order valence-corrected chi connectivity index (χ0v) is 20.2. The highest BCUT2D eigenvalue weighted by atomic mass is 32.2. The Labute approximate surface area is 208 Å². The Morgan fingerprint density at radius 3 is 2.51 bits per heavy atom. The van der Waals surface area contributed by atoms with Crippen molar-refractivity contribution in [2.45, 2.75) is 18.1 Å². The molecule has 0 radical (unpaired) electrons. The molecule has 178 valence electrons. The maximum absolute atomic E-state index is 13.0. The van der Waals surface area contributed by atoms with Crippen LogP contribution in [-0.4, -0.2) is 46.6 Å². The summed E-state index contributed by atoms with van der Waals surface area (Å²) in [7, 11) is 1.64. The number of hydrogen-bond acceptors (Lipinski definition) is 7. The van der Waals surface area contributed by atoms with Crippen molar-refractivity contribution in [2.24, 2.45) is 0 Å². The standard InChI is InChI=1S/C27H25N3O4S/c1-32-22-10-7-20(8-11-22)26-28-29-27(30(26)14-13-19-5-3-2-4-6-19)35-18-23(31)21-9-12-24-25(17-21)34-16-15-33-24/h2-12,17H,13-16,18H2,1H3. The number of ketones is 1. The van der Waals surface area contributed by atoms with Crippen molar-refractivity contribution in [1.82, 2.24) is 14.8 Å². The molecule has 3 aromatic carbocycles. The van der Waals surface area contributed by atoms with Crippen LogP contribution >= 0.6 is 11.8 Å². The van der Waals surface area contributed by atoms with Gasteiger partial charge in [-0.25, -0.2) is 0 Å². The van der Waals surface area contributed by atoms with Crippen LogP contribution in [0.3, 0.4) is 0 Å². The predicted molar refractivity (Wildman–Crippen MR) is 135 cm³/mol. The van der Waals surface area contributed by atoms with Crippen LogP contribution in [0.4, 0.5) is 0 Å². The fourth-order valence-corrected chi connectivity index (χ4v) is 4.73. The van der Waals surface area contributed by atoms with Gasteiger partial charge in [0.15, 0.2) is 28.3 Å². The molecule has 0 saturated heterocycles. The highest BCUT2D eigenvalue weighted by Gasteiger charge is 2.18. The quantitative estimate of drug-likeness (QED) is 0.244. The summed E-state index contributed by atoms with van der Waals surface area (Å²) >= 11 is 1.39. The molecular weight excluding hydrogens is 462 g/mol. The SMILES string of the molecule is COc1ccc(-c2nnc(SCC(=O)c3ccc4c(c3)OCCO4)n2CCc2ccccc2)cc1. The van der Waals surface area contributed by atoms with Crippen molar-refractivity contribution < 1.29 is 19.0 Å². The molecule has 0 saturated carbocycles. The molecule has 2 heterocycles. The smallest absolute Gasteiger partial charge is 0.191 e. The van der Waals surface area contributed by atoms with Crippen molar-refractivity contribution in [3.8, 4) is 28.6 Å². The molecule has 7 nitrogen and oxygen atoms in total. The van der Waals surface area contributed by atoms with Crippen molar-refractivity contribution in [3.63, 3.8) is 0 Å². The second-order valence-corrected chi connectivity index (χ2v) is 8.93. The summed E-state index contributed by atoms with van der Waals surface area (Å²) in [6.45, 7) is 1.70. The molecule has 5 rings (SSSR count). The molecule has 1 aliphatic rings. The van der Waals surface area contributed by atoms with E-state index < -0.39 is 0 Å². The number of hydrogen-bond donors (Lipinski definition) is 0. The molecule has 0 N–H and O–H groups in total. The number of aryl methyl sites for hydroxylation is 1. The number of Topliss-reactive ketones (excluding diaryl/α,β-unsaturated/α-hetero) is 1. The molecule has 0 amide bonds. The third kappa shape index (κ3) is 5.33. The van der Waals surface area contributed by atoms with Crippen LogP contribution in [0.1, 0.15) is 15.9 Å². The first-order valence-electron chi connectivity index (χ1n) is 11.4. The van der Waals surface area contributed by atoms with Gasteiger partial charge in [-0.15, -0.1) is 10.2 Å². The van der Waals surface area contributed by atoms with E-state index in [1.165, 1.54) is 17.3 Å². The van der Waals surface area contributed by atoms with Gasteiger partial charge in [0.25, 0.3) is 0 Å². The largest absolute Gasteiger partial charge is 0.497 e. The Kier molecular flexibility index (Phi) is 6.99. The second-order valence-electron chi connectivity index (χ2n) is 7.99. The van der Waals surface area contributed by atoms with Crippen LogP contribution in [-0.2, 0) is 13.0 Å². The number of carbonyl (C=O) groups excluding carboxylic acids is 1. The molecule has 1 aromatic heterocycles. The lowest BCUT2D eigenvalue weighted by Gasteiger charge is -2.18. The number of carbonyl (C=O) groups is 1. The van der Waals surface area contributed by atoms with Crippen molar-refractivity contribution in [2.75, 3.05) is 26.1 Å². The molecular formula is C27H25N3O4S. The summed E-state index contributed by atoms with van der Waals surface area (Å²) in [4.78, 5) is 13.0. The van der Waals surface area contributed by atoms with Crippen LogP contribution in [0.2, 0.25) is 0 Å². The second kappa shape index (κ2) is 10.7. The minimum absolute atomic E-state index is 0.00409. The summed E-state index contributed by atoms with van der Waals surface area (Å²) in [6, 6.07) is 23.4. The first-order chi connectivity index (χ1) is 17.2. The van der Waals surface area contributed by atoms with Gasteiger partial charge in [0, 0.05) is 17.7 Å². The van der Waals surface area contributed by atoms with Crippen LogP contribution in [0, 0.1) is 0 Å². The van der Waals surface area contributed by atoms with E-state index in [1.807, 2.05) is 42.5 Å². The third-order valence-electron chi connectivity index (χ3n) is 5.73. The average Bonchev–Trinajstić information content (AvgIpc) is 3.33. The number of fused-ring (bicyclic) bond motifs is 1. The van der Waals surface area contributed by atoms with Gasteiger partial charge in [0.1, 0.15) is 19.0 Å². The van der Waals surface area contributed by atoms with Gasteiger partial charge in [-0.3, -0.25) is 4.79 Å². The number of methoxy groups -OCH3 is 1. The number of aromatic nitrogens is 3. The molecule has 35 heavy (non-hydrogen) atoms. The van der Waals surface area contributed by atoms with E-state index >= 15 is 0 Å². The van der Waals surface area contributed by atoms with Gasteiger partial charge in [-0.1, -0.05) is 42.1 Å². The Morgan fingerprint density at radius 1 is 0.971 bits per heavy atom. The fraction of sp³-hybridized carbons (Fsp3) is 0.222. The molecule has 1 aliphatic heterocycles. The average molecular weight is 488 g/mol. The van der Waals surface area contributed by atoms with E-state index in [0.29, 0.717) is 42.0 Å². The van der Waals surface area contributed by atoms with Gasteiger partial charge < -0.3 is 18.8 Å². The van der Waals surface area contributed by atoms with Crippen LogP contribution < -0.4 is 14.2 Å². The van der Waals surface area contributed by atoms with E-state index in [1.54, 1.807) is 25.3 Å². The van der Waals surface area contributed by atoms with Gasteiger partial charge >= 0.3 is 0 Å². The van der Waals surface area contributed by atoms with Crippen LogP contribution in [0.5, 0.6) is 17.2 Å². The van der Waals surface area contributed by atoms with E-state index in [4.69, 9.17) is 14.2 Å². The minimum Gasteiger partial charge on any atom is -0.497 e. The molecule has 0 fully saturated rings. The monoisotopic (exact) mass is 487 g/mol. The Bertz CT molecular complexity index is 1310. The number of nitrogens with zero attached hydrogens (tertiary/aromatic N) is 3. The molecule has 8 heteroatoms. The lowest BCUT2D eigenvalue weighted by molar-refractivity contribution is 0.102. The number of thioether (sulfide) groups is 1. The molecule has 0 aliphatic carbocycles. The van der Waals surface area contributed by atoms with E-state index in [2.05, 4.69) is 26.9 Å². The summed E-state index contributed by atoms with van der Waals surface area (Å²) < 4.78 is 18.5. The van der Waals surface area contributed by atoms with Crippen molar-refractivity contribution >= 4 is 17.5 Å². The summed E-state index contributed by atoms with van der Waals surface area (Å²) in [6.07, 6.45) is 0.825. The Hall–Kier alpha value is -3.78. The Balaban J connectivity index is 1.36. The van der Waals surface area contributed by atoms with Gasteiger partial charge in [0.05, 0.1) is 12.9 Å². The topological polar surface area (TPSA) is 75.5 Å². The molecule has 0 unspecified atom stereocenters.